The van der Waals surface area contributed by atoms with Crippen molar-refractivity contribution in [1.82, 2.24) is 9.80 Å². The average molecular weight is 431 g/mol. The number of hydrogen-bond acceptors (Lipinski definition) is 3. The highest BCUT2D eigenvalue weighted by Gasteiger charge is 2.32. The molecule has 0 aromatic heterocycles. The van der Waals surface area contributed by atoms with Crippen molar-refractivity contribution in [2.45, 2.75) is 13.1 Å². The van der Waals surface area contributed by atoms with Crippen LogP contribution in [0.1, 0.15) is 21.5 Å². The number of rotatable bonds is 6. The molecule has 7 heteroatoms. The van der Waals surface area contributed by atoms with Crippen LogP contribution in [0, 0.1) is 5.82 Å². The van der Waals surface area contributed by atoms with Gasteiger partial charge in [0.2, 0.25) is 0 Å². The van der Waals surface area contributed by atoms with Gasteiger partial charge >= 0.3 is 11.8 Å². The van der Waals surface area contributed by atoms with Crippen molar-refractivity contribution in [3.8, 4) is 0 Å². The maximum atomic E-state index is 13.1. The molecular weight excluding hydrogens is 409 g/mol. The van der Waals surface area contributed by atoms with E-state index in [9.17, 15) is 18.8 Å². The monoisotopic (exact) mass is 431 g/mol. The number of carbonyl (C=O) groups is 3. The van der Waals surface area contributed by atoms with Gasteiger partial charge in [-0.25, -0.2) is 4.39 Å². The fraction of sp³-hybridized carbons (Fsp3) is 0.160. The Labute approximate surface area is 185 Å². The van der Waals surface area contributed by atoms with Crippen LogP contribution in [0.5, 0.6) is 0 Å². The van der Waals surface area contributed by atoms with Gasteiger partial charge in [-0.3, -0.25) is 14.4 Å². The van der Waals surface area contributed by atoms with E-state index in [1.165, 1.54) is 21.9 Å². The predicted octanol–water partition coefficient (Wildman–Crippen LogP) is 3.45. The van der Waals surface area contributed by atoms with E-state index >= 15 is 0 Å². The normalized spacial score (nSPS) is 13.9. The molecule has 0 saturated carbocycles. The summed E-state index contributed by atoms with van der Waals surface area (Å²) >= 11 is 0. The highest BCUT2D eigenvalue weighted by atomic mass is 19.1. The first-order valence-electron chi connectivity index (χ1n) is 10.3. The van der Waals surface area contributed by atoms with E-state index in [-0.39, 0.29) is 24.8 Å². The summed E-state index contributed by atoms with van der Waals surface area (Å²) in [6, 6.07) is 22.0. The molecule has 1 saturated heterocycles. The smallest absolute Gasteiger partial charge is 0.312 e. The quantitative estimate of drug-likeness (QED) is 0.608. The molecule has 0 spiro atoms. The molecule has 1 aliphatic heterocycles. The Kier molecular flexibility index (Phi) is 6.26. The first-order chi connectivity index (χ1) is 15.5. The maximum Gasteiger partial charge on any atom is 0.312 e. The van der Waals surface area contributed by atoms with E-state index in [2.05, 4.69) is 5.32 Å². The van der Waals surface area contributed by atoms with Gasteiger partial charge in [0, 0.05) is 37.4 Å². The minimum atomic E-state index is -0.570. The summed E-state index contributed by atoms with van der Waals surface area (Å²) in [5.41, 5.74) is 2.81. The maximum absolute atomic E-state index is 13.1. The Balaban J connectivity index is 1.34. The van der Waals surface area contributed by atoms with E-state index in [4.69, 9.17) is 0 Å². The van der Waals surface area contributed by atoms with Crippen molar-refractivity contribution < 1.29 is 18.8 Å². The van der Waals surface area contributed by atoms with Gasteiger partial charge in [-0.1, -0.05) is 42.5 Å². The van der Waals surface area contributed by atoms with Crippen LogP contribution in [0.15, 0.2) is 78.9 Å². The topological polar surface area (TPSA) is 69.7 Å². The molecule has 3 aromatic carbocycles. The molecule has 0 aliphatic carbocycles. The van der Waals surface area contributed by atoms with Gasteiger partial charge in [0.25, 0.3) is 5.91 Å². The van der Waals surface area contributed by atoms with Crippen molar-refractivity contribution in [3.63, 3.8) is 0 Å². The van der Waals surface area contributed by atoms with Crippen LogP contribution in [-0.4, -0.2) is 40.6 Å². The third kappa shape index (κ3) is 5.00. The Morgan fingerprint density at radius 2 is 1.25 bits per heavy atom. The van der Waals surface area contributed by atoms with Crippen molar-refractivity contribution in [2.24, 2.45) is 0 Å². The lowest BCUT2D eigenvalue weighted by atomic mass is 10.1. The first kappa shape index (κ1) is 21.2. The first-order valence-corrected chi connectivity index (χ1v) is 10.3. The summed E-state index contributed by atoms with van der Waals surface area (Å²) in [6.07, 6.45) is 0. The number of nitrogens with one attached hydrogen (secondary N) is 1. The van der Waals surface area contributed by atoms with Gasteiger partial charge in [0.15, 0.2) is 0 Å². The lowest BCUT2D eigenvalue weighted by molar-refractivity contribution is -0.156. The lowest BCUT2D eigenvalue weighted by Crippen LogP contribution is -2.53. The molecule has 0 atom stereocenters. The van der Waals surface area contributed by atoms with Crippen LogP contribution in [-0.2, 0) is 22.7 Å². The van der Waals surface area contributed by atoms with E-state index in [1.807, 2.05) is 30.3 Å². The van der Waals surface area contributed by atoms with Crippen LogP contribution >= 0.6 is 0 Å². The van der Waals surface area contributed by atoms with Crippen molar-refractivity contribution in [3.05, 3.63) is 101 Å². The van der Waals surface area contributed by atoms with E-state index in [0.29, 0.717) is 24.3 Å². The van der Waals surface area contributed by atoms with E-state index in [0.717, 1.165) is 11.1 Å². The number of amides is 3. The van der Waals surface area contributed by atoms with Crippen LogP contribution in [0.4, 0.5) is 10.1 Å². The predicted molar refractivity (Wildman–Crippen MR) is 118 cm³/mol. The number of nitrogens with zero attached hydrogens (tertiary/aromatic N) is 2. The Morgan fingerprint density at radius 3 is 1.78 bits per heavy atom. The second-order valence-electron chi connectivity index (χ2n) is 7.60. The zero-order valence-electron chi connectivity index (χ0n) is 17.3. The summed E-state index contributed by atoms with van der Waals surface area (Å²) in [6.45, 7) is 1.36. The highest BCUT2D eigenvalue weighted by Crippen LogP contribution is 2.15. The van der Waals surface area contributed by atoms with Crippen molar-refractivity contribution >= 4 is 23.4 Å². The molecule has 1 aliphatic rings. The van der Waals surface area contributed by atoms with Crippen LogP contribution < -0.4 is 5.32 Å². The molecule has 0 bridgehead atoms. The summed E-state index contributed by atoms with van der Waals surface area (Å²) in [4.78, 5) is 40.4. The fourth-order valence-electron chi connectivity index (χ4n) is 3.53. The summed E-state index contributed by atoms with van der Waals surface area (Å²) < 4.78 is 13.1. The molecule has 32 heavy (non-hydrogen) atoms. The standard InChI is InChI=1S/C25H22FN3O3/c26-21-12-8-19(9-13-21)17-29-15-14-28(24(31)25(29)32)16-18-6-10-20(11-7-18)23(30)27-22-4-2-1-3-5-22/h1-13H,14-17H2,(H,27,30). The van der Waals surface area contributed by atoms with Gasteiger partial charge in [-0.2, -0.15) is 0 Å². The largest absolute Gasteiger partial charge is 0.328 e. The Bertz CT molecular complexity index is 1120. The van der Waals surface area contributed by atoms with Crippen LogP contribution in [0.3, 0.4) is 0 Å². The van der Waals surface area contributed by atoms with Gasteiger partial charge in [0.05, 0.1) is 0 Å². The lowest BCUT2D eigenvalue weighted by Gasteiger charge is -2.33. The van der Waals surface area contributed by atoms with E-state index in [1.54, 1.807) is 36.4 Å². The molecule has 1 fully saturated rings. The SMILES string of the molecule is O=C(Nc1ccccc1)c1ccc(CN2CCN(Cc3ccc(F)cc3)C(=O)C2=O)cc1. The van der Waals surface area contributed by atoms with Crippen LogP contribution in [0.2, 0.25) is 0 Å². The highest BCUT2D eigenvalue weighted by molar-refractivity contribution is 6.35. The minimum Gasteiger partial charge on any atom is -0.328 e. The summed E-state index contributed by atoms with van der Waals surface area (Å²) in [5, 5.41) is 2.83. The fourth-order valence-corrected chi connectivity index (χ4v) is 3.53. The number of para-hydroxylation sites is 1. The molecular formula is C25H22FN3O3. The molecule has 3 aromatic rings. The second kappa shape index (κ2) is 9.43. The zero-order chi connectivity index (χ0) is 22.5. The van der Waals surface area contributed by atoms with Crippen molar-refractivity contribution in [2.75, 3.05) is 18.4 Å². The number of piperazine rings is 1. The molecule has 6 nitrogen and oxygen atoms in total. The number of halogens is 1. The molecule has 0 radical (unpaired) electrons. The molecule has 1 N–H and O–H groups in total. The average Bonchev–Trinajstić information content (AvgIpc) is 2.81. The van der Waals surface area contributed by atoms with Gasteiger partial charge < -0.3 is 15.1 Å². The third-order valence-electron chi connectivity index (χ3n) is 5.31. The van der Waals surface area contributed by atoms with Gasteiger partial charge in [0.1, 0.15) is 5.82 Å². The number of carbonyl (C=O) groups excluding carboxylic acids is 3. The minimum absolute atomic E-state index is 0.219. The second-order valence-corrected chi connectivity index (χ2v) is 7.60. The number of anilines is 1. The van der Waals surface area contributed by atoms with E-state index < -0.39 is 11.8 Å². The Hall–Kier alpha value is -4.00. The molecule has 4 rings (SSSR count). The Morgan fingerprint density at radius 1 is 0.750 bits per heavy atom. The van der Waals surface area contributed by atoms with Crippen molar-refractivity contribution in [1.29, 1.82) is 0 Å². The zero-order valence-corrected chi connectivity index (χ0v) is 17.3. The number of benzene rings is 3. The summed E-state index contributed by atoms with van der Waals surface area (Å²) in [5.74, 6) is -1.70. The summed E-state index contributed by atoms with van der Waals surface area (Å²) in [7, 11) is 0. The number of hydrogen-bond donors (Lipinski definition) is 1. The molecule has 0 unspecified atom stereocenters. The third-order valence-corrected chi connectivity index (χ3v) is 5.31. The molecule has 1 heterocycles. The van der Waals surface area contributed by atoms with Gasteiger partial charge in [-0.15, -0.1) is 0 Å². The molecule has 162 valence electrons. The molecule has 3 amide bonds. The van der Waals surface area contributed by atoms with Crippen LogP contribution in [0.25, 0.3) is 0 Å². The van der Waals surface area contributed by atoms with Gasteiger partial charge in [-0.05, 0) is 47.5 Å².